The number of rotatable bonds is 4. The second-order valence-electron chi connectivity index (χ2n) is 6.83. The van der Waals surface area contributed by atoms with Crippen LogP contribution in [0.3, 0.4) is 0 Å². The molecule has 0 radical (unpaired) electrons. The molecule has 162 valence electrons. The Morgan fingerprint density at radius 1 is 0.938 bits per heavy atom. The van der Waals surface area contributed by atoms with Gasteiger partial charge in [-0.15, -0.1) is 13.2 Å². The molecule has 1 aliphatic rings. The molecule has 4 rings (SSSR count). The van der Waals surface area contributed by atoms with Crippen LogP contribution in [0.2, 0.25) is 0 Å². The zero-order valence-electron chi connectivity index (χ0n) is 16.3. The summed E-state index contributed by atoms with van der Waals surface area (Å²) < 4.78 is 41.3. The average molecular weight is 440 g/mol. The van der Waals surface area contributed by atoms with E-state index < -0.39 is 29.8 Å². The zero-order chi connectivity index (χ0) is 22.9. The van der Waals surface area contributed by atoms with E-state index in [0.717, 1.165) is 17.0 Å². The highest BCUT2D eigenvalue weighted by Gasteiger charge is 2.47. The maximum Gasteiger partial charge on any atom is 0.573 e. The smallest absolute Gasteiger partial charge is 0.507 e. The van der Waals surface area contributed by atoms with Crippen LogP contribution < -0.4 is 9.64 Å². The van der Waals surface area contributed by atoms with Crippen LogP contribution in [-0.2, 0) is 9.59 Å². The number of aromatic nitrogens is 1. The topological polar surface area (TPSA) is 79.7 Å². The number of pyridine rings is 1. The number of halogens is 3. The van der Waals surface area contributed by atoms with Crippen molar-refractivity contribution in [3.05, 3.63) is 95.8 Å². The third kappa shape index (κ3) is 4.04. The lowest BCUT2D eigenvalue weighted by Crippen LogP contribution is -2.29. The fourth-order valence-electron chi connectivity index (χ4n) is 3.48. The molecular formula is C23H15F3N2O4. The lowest BCUT2D eigenvalue weighted by Gasteiger charge is -2.24. The van der Waals surface area contributed by atoms with Crippen LogP contribution in [-0.4, -0.2) is 28.1 Å². The molecule has 1 saturated heterocycles. The van der Waals surface area contributed by atoms with E-state index in [2.05, 4.69) is 9.72 Å². The molecule has 2 heterocycles. The molecule has 2 aromatic carbocycles. The molecule has 32 heavy (non-hydrogen) atoms. The number of anilines is 1. The number of ether oxygens (including phenoxy) is 1. The Bertz CT molecular complexity index is 1180. The first-order valence-electron chi connectivity index (χ1n) is 9.39. The van der Waals surface area contributed by atoms with Gasteiger partial charge < -0.3 is 9.84 Å². The summed E-state index contributed by atoms with van der Waals surface area (Å²) in [6.45, 7) is 0. The molecule has 1 unspecified atom stereocenters. The van der Waals surface area contributed by atoms with Crippen molar-refractivity contribution in [2.75, 3.05) is 4.90 Å². The lowest BCUT2D eigenvalue weighted by atomic mass is 9.98. The SMILES string of the molecule is O=C1C(=O)N(c2ccc(OC(F)(F)F)cc2)C(c2ccccn2)/C1=C(/O)c1ccccc1. The van der Waals surface area contributed by atoms with E-state index in [0.29, 0.717) is 11.3 Å². The van der Waals surface area contributed by atoms with Gasteiger partial charge in [-0.3, -0.25) is 19.5 Å². The number of Topliss-reactive ketones (excluding diaryl/α,β-unsaturated/α-hetero) is 1. The van der Waals surface area contributed by atoms with Crippen molar-refractivity contribution in [2.24, 2.45) is 0 Å². The molecule has 1 fully saturated rings. The molecule has 1 amide bonds. The Morgan fingerprint density at radius 2 is 1.59 bits per heavy atom. The second-order valence-corrected chi connectivity index (χ2v) is 6.83. The normalized spacial score (nSPS) is 18.1. The predicted octanol–water partition coefficient (Wildman–Crippen LogP) is 4.61. The number of hydrogen-bond acceptors (Lipinski definition) is 5. The van der Waals surface area contributed by atoms with Gasteiger partial charge in [-0.2, -0.15) is 0 Å². The summed E-state index contributed by atoms with van der Waals surface area (Å²) in [4.78, 5) is 31.2. The van der Waals surface area contributed by atoms with Gasteiger partial charge in [-0.05, 0) is 36.4 Å². The highest BCUT2D eigenvalue weighted by Crippen LogP contribution is 2.41. The summed E-state index contributed by atoms with van der Waals surface area (Å²) in [5, 5.41) is 10.9. The summed E-state index contributed by atoms with van der Waals surface area (Å²) in [6.07, 6.45) is -3.40. The number of benzene rings is 2. The van der Waals surface area contributed by atoms with Gasteiger partial charge in [-0.25, -0.2) is 0 Å². The van der Waals surface area contributed by atoms with Gasteiger partial charge >= 0.3 is 6.36 Å². The van der Waals surface area contributed by atoms with Crippen LogP contribution in [0.5, 0.6) is 5.75 Å². The van der Waals surface area contributed by atoms with E-state index in [1.807, 2.05) is 0 Å². The van der Waals surface area contributed by atoms with E-state index in [1.165, 1.54) is 18.3 Å². The van der Waals surface area contributed by atoms with Crippen LogP contribution in [0.4, 0.5) is 18.9 Å². The number of ketones is 1. The van der Waals surface area contributed by atoms with Crippen LogP contribution in [0.25, 0.3) is 5.76 Å². The number of carbonyl (C=O) groups excluding carboxylic acids is 2. The number of aliphatic hydroxyl groups excluding tert-OH is 1. The van der Waals surface area contributed by atoms with Crippen molar-refractivity contribution in [2.45, 2.75) is 12.4 Å². The maximum absolute atomic E-state index is 12.9. The fourth-order valence-corrected chi connectivity index (χ4v) is 3.48. The standard InChI is InChI=1S/C23H15F3N2O4/c24-23(25,26)32-16-11-9-15(10-12-16)28-19(17-8-4-5-13-27-17)18(21(30)22(28)31)20(29)14-6-2-1-3-7-14/h1-13,19,29H/b20-18-. The van der Waals surface area contributed by atoms with Gasteiger partial charge in [0.25, 0.3) is 11.7 Å². The van der Waals surface area contributed by atoms with Crippen molar-refractivity contribution in [1.29, 1.82) is 0 Å². The van der Waals surface area contributed by atoms with E-state index in [4.69, 9.17) is 0 Å². The molecule has 0 aliphatic carbocycles. The summed E-state index contributed by atoms with van der Waals surface area (Å²) in [5.41, 5.74) is 0.611. The summed E-state index contributed by atoms with van der Waals surface area (Å²) >= 11 is 0. The molecule has 1 atom stereocenters. The summed E-state index contributed by atoms with van der Waals surface area (Å²) in [7, 11) is 0. The van der Waals surface area contributed by atoms with Gasteiger partial charge in [0, 0.05) is 17.4 Å². The first-order valence-corrected chi connectivity index (χ1v) is 9.39. The Hall–Kier alpha value is -4.14. The number of carbonyl (C=O) groups is 2. The molecule has 6 nitrogen and oxygen atoms in total. The largest absolute Gasteiger partial charge is 0.573 e. The Labute approximate surface area is 180 Å². The Balaban J connectivity index is 1.83. The van der Waals surface area contributed by atoms with Gasteiger partial charge in [0.1, 0.15) is 17.6 Å². The van der Waals surface area contributed by atoms with Crippen LogP contribution in [0, 0.1) is 0 Å². The Kier molecular flexibility index (Phi) is 5.40. The van der Waals surface area contributed by atoms with Crippen molar-refractivity contribution >= 4 is 23.1 Å². The van der Waals surface area contributed by atoms with Crippen molar-refractivity contribution in [3.63, 3.8) is 0 Å². The molecule has 1 N–H and O–H groups in total. The number of amides is 1. The minimum absolute atomic E-state index is 0.143. The van der Waals surface area contributed by atoms with Gasteiger partial charge in [0.15, 0.2) is 0 Å². The van der Waals surface area contributed by atoms with Gasteiger partial charge in [0.2, 0.25) is 0 Å². The quantitative estimate of drug-likeness (QED) is 0.364. The lowest BCUT2D eigenvalue weighted by molar-refractivity contribution is -0.274. The van der Waals surface area contributed by atoms with E-state index in [1.54, 1.807) is 48.5 Å². The molecule has 0 saturated carbocycles. The second kappa shape index (κ2) is 8.18. The average Bonchev–Trinajstić information content (AvgIpc) is 3.05. The van der Waals surface area contributed by atoms with Crippen molar-refractivity contribution in [3.8, 4) is 5.75 Å². The third-order valence-corrected chi connectivity index (χ3v) is 4.81. The first kappa shape index (κ1) is 21.1. The number of hydrogen-bond donors (Lipinski definition) is 1. The minimum atomic E-state index is -4.87. The van der Waals surface area contributed by atoms with Crippen LogP contribution in [0.15, 0.2) is 84.6 Å². The first-order chi connectivity index (χ1) is 15.3. The maximum atomic E-state index is 12.9. The van der Waals surface area contributed by atoms with Crippen LogP contribution >= 0.6 is 0 Å². The predicted molar refractivity (Wildman–Crippen MR) is 109 cm³/mol. The molecule has 3 aromatic rings. The number of alkyl halides is 3. The summed E-state index contributed by atoms with van der Waals surface area (Å²) in [6, 6.07) is 16.6. The minimum Gasteiger partial charge on any atom is -0.507 e. The molecular weight excluding hydrogens is 425 g/mol. The third-order valence-electron chi connectivity index (χ3n) is 4.81. The molecule has 1 aliphatic heterocycles. The molecule has 0 spiro atoms. The highest BCUT2D eigenvalue weighted by molar-refractivity contribution is 6.51. The molecule has 9 heteroatoms. The van der Waals surface area contributed by atoms with Gasteiger partial charge in [0.05, 0.1) is 11.3 Å². The van der Waals surface area contributed by atoms with E-state index in [9.17, 15) is 27.9 Å². The number of nitrogens with zero attached hydrogens (tertiary/aromatic N) is 2. The fraction of sp³-hybridized carbons (Fsp3) is 0.0870. The Morgan fingerprint density at radius 3 is 2.19 bits per heavy atom. The number of aliphatic hydroxyl groups is 1. The molecule has 0 bridgehead atoms. The summed E-state index contributed by atoms with van der Waals surface area (Å²) in [5.74, 6) is -2.73. The monoisotopic (exact) mass is 440 g/mol. The zero-order valence-corrected chi connectivity index (χ0v) is 16.3. The molecule has 1 aromatic heterocycles. The van der Waals surface area contributed by atoms with E-state index in [-0.39, 0.29) is 17.0 Å². The highest BCUT2D eigenvalue weighted by atomic mass is 19.4. The van der Waals surface area contributed by atoms with Crippen molar-refractivity contribution < 1.29 is 32.6 Å². The van der Waals surface area contributed by atoms with Crippen LogP contribution in [0.1, 0.15) is 17.3 Å². The van der Waals surface area contributed by atoms with E-state index >= 15 is 0 Å². The van der Waals surface area contributed by atoms with Crippen molar-refractivity contribution in [1.82, 2.24) is 4.98 Å². The van der Waals surface area contributed by atoms with Gasteiger partial charge in [-0.1, -0.05) is 36.4 Å².